The Balaban J connectivity index is 1.80. The summed E-state index contributed by atoms with van der Waals surface area (Å²) in [5.74, 6) is 0.857. The third kappa shape index (κ3) is 4.15. The second-order valence-electron chi connectivity index (χ2n) is 5.35. The zero-order valence-electron chi connectivity index (χ0n) is 12.2. The Morgan fingerprint density at radius 1 is 1.40 bits per heavy atom. The lowest BCUT2D eigenvalue weighted by molar-refractivity contribution is -0.121. The highest BCUT2D eigenvalue weighted by Crippen LogP contribution is 2.23. The standard InChI is InChI=1S/C16H24N2O2/c1-2-20-15-9-7-12(11-14(15)17)8-10-16(19)18-13-5-3-4-6-13/h7,9,11,13H,2-6,8,10,17H2,1H3,(H,18,19). The number of hydrogen-bond donors (Lipinski definition) is 2. The molecule has 4 heteroatoms. The predicted octanol–water partition coefficient (Wildman–Crippen LogP) is 2.66. The Kier molecular flexibility index (Phi) is 5.27. The van der Waals surface area contributed by atoms with Crippen molar-refractivity contribution in [1.82, 2.24) is 5.32 Å². The molecule has 3 N–H and O–H groups in total. The molecule has 0 heterocycles. The molecule has 4 nitrogen and oxygen atoms in total. The van der Waals surface area contributed by atoms with Crippen LogP contribution in [0.2, 0.25) is 0 Å². The van der Waals surface area contributed by atoms with Crippen molar-refractivity contribution in [3.63, 3.8) is 0 Å². The van der Waals surface area contributed by atoms with Gasteiger partial charge in [0.15, 0.2) is 0 Å². The predicted molar refractivity (Wildman–Crippen MR) is 80.7 cm³/mol. The molecule has 0 bridgehead atoms. The molecule has 1 saturated carbocycles. The largest absolute Gasteiger partial charge is 0.492 e. The average Bonchev–Trinajstić information content (AvgIpc) is 2.92. The molecule has 0 unspecified atom stereocenters. The highest BCUT2D eigenvalue weighted by molar-refractivity contribution is 5.76. The van der Waals surface area contributed by atoms with E-state index in [2.05, 4.69) is 5.32 Å². The number of nitrogen functional groups attached to an aromatic ring is 1. The SMILES string of the molecule is CCOc1ccc(CCC(=O)NC2CCCC2)cc1N. The lowest BCUT2D eigenvalue weighted by Gasteiger charge is -2.12. The summed E-state index contributed by atoms with van der Waals surface area (Å²) in [5, 5.41) is 3.10. The van der Waals surface area contributed by atoms with Crippen LogP contribution in [-0.2, 0) is 11.2 Å². The van der Waals surface area contributed by atoms with Gasteiger partial charge in [-0.25, -0.2) is 0 Å². The topological polar surface area (TPSA) is 64.3 Å². The van der Waals surface area contributed by atoms with Crippen LogP contribution >= 0.6 is 0 Å². The van der Waals surface area contributed by atoms with Crippen LogP contribution in [0, 0.1) is 0 Å². The van der Waals surface area contributed by atoms with Crippen LogP contribution in [0.15, 0.2) is 18.2 Å². The maximum Gasteiger partial charge on any atom is 0.220 e. The highest BCUT2D eigenvalue weighted by Gasteiger charge is 2.16. The van der Waals surface area contributed by atoms with Gasteiger partial charge in [-0.3, -0.25) is 4.79 Å². The van der Waals surface area contributed by atoms with Crippen molar-refractivity contribution in [2.75, 3.05) is 12.3 Å². The second-order valence-corrected chi connectivity index (χ2v) is 5.35. The molecule has 0 atom stereocenters. The Labute approximate surface area is 120 Å². The molecule has 1 aromatic rings. The summed E-state index contributed by atoms with van der Waals surface area (Å²) >= 11 is 0. The second kappa shape index (κ2) is 7.17. The lowest BCUT2D eigenvalue weighted by atomic mass is 10.1. The van der Waals surface area contributed by atoms with Crippen LogP contribution in [0.25, 0.3) is 0 Å². The van der Waals surface area contributed by atoms with E-state index in [0.29, 0.717) is 30.5 Å². The number of nitrogens with one attached hydrogen (secondary N) is 1. The van der Waals surface area contributed by atoms with Gasteiger partial charge in [-0.05, 0) is 43.9 Å². The molecular weight excluding hydrogens is 252 g/mol. The minimum Gasteiger partial charge on any atom is -0.492 e. The number of amides is 1. The van der Waals surface area contributed by atoms with E-state index < -0.39 is 0 Å². The summed E-state index contributed by atoms with van der Waals surface area (Å²) in [6, 6.07) is 6.15. The first kappa shape index (κ1) is 14.7. The van der Waals surface area contributed by atoms with E-state index >= 15 is 0 Å². The maximum absolute atomic E-state index is 11.9. The number of benzene rings is 1. The number of nitrogens with two attached hydrogens (primary N) is 1. The van der Waals surface area contributed by atoms with Gasteiger partial charge in [0.25, 0.3) is 0 Å². The molecule has 0 radical (unpaired) electrons. The molecule has 0 spiro atoms. The van der Waals surface area contributed by atoms with E-state index in [0.717, 1.165) is 24.8 Å². The zero-order valence-corrected chi connectivity index (χ0v) is 12.2. The van der Waals surface area contributed by atoms with Crippen LogP contribution in [0.5, 0.6) is 5.75 Å². The first-order chi connectivity index (χ1) is 9.69. The van der Waals surface area contributed by atoms with Gasteiger partial charge in [0.2, 0.25) is 5.91 Å². The van der Waals surface area contributed by atoms with Gasteiger partial charge in [0.1, 0.15) is 5.75 Å². The third-order valence-electron chi connectivity index (χ3n) is 3.74. The summed E-state index contributed by atoms with van der Waals surface area (Å²) in [7, 11) is 0. The van der Waals surface area contributed by atoms with E-state index in [4.69, 9.17) is 10.5 Å². The van der Waals surface area contributed by atoms with Gasteiger partial charge in [0, 0.05) is 12.5 Å². The van der Waals surface area contributed by atoms with Crippen molar-refractivity contribution in [3.05, 3.63) is 23.8 Å². The Hall–Kier alpha value is -1.71. The fourth-order valence-electron chi connectivity index (χ4n) is 2.67. The molecular formula is C16H24N2O2. The van der Waals surface area contributed by atoms with Crippen LogP contribution in [0.4, 0.5) is 5.69 Å². The molecule has 0 saturated heterocycles. The number of aryl methyl sites for hydroxylation is 1. The first-order valence-corrected chi connectivity index (χ1v) is 7.49. The lowest BCUT2D eigenvalue weighted by Crippen LogP contribution is -2.32. The summed E-state index contributed by atoms with van der Waals surface area (Å²) < 4.78 is 5.40. The van der Waals surface area contributed by atoms with Crippen LogP contribution < -0.4 is 15.8 Å². The number of anilines is 1. The number of rotatable bonds is 6. The van der Waals surface area contributed by atoms with Crippen LogP contribution in [0.3, 0.4) is 0 Å². The van der Waals surface area contributed by atoms with Gasteiger partial charge in [0.05, 0.1) is 12.3 Å². The number of carbonyl (C=O) groups is 1. The first-order valence-electron chi connectivity index (χ1n) is 7.49. The minimum atomic E-state index is 0.143. The summed E-state index contributed by atoms with van der Waals surface area (Å²) in [6.45, 7) is 2.54. The van der Waals surface area contributed by atoms with E-state index in [-0.39, 0.29) is 5.91 Å². The third-order valence-corrected chi connectivity index (χ3v) is 3.74. The molecule has 20 heavy (non-hydrogen) atoms. The van der Waals surface area contributed by atoms with E-state index in [9.17, 15) is 4.79 Å². The van der Waals surface area contributed by atoms with Crippen molar-refractivity contribution in [2.45, 2.75) is 51.5 Å². The minimum absolute atomic E-state index is 0.143. The van der Waals surface area contributed by atoms with Crippen molar-refractivity contribution in [2.24, 2.45) is 0 Å². The quantitative estimate of drug-likeness (QED) is 0.785. The Morgan fingerprint density at radius 2 is 2.15 bits per heavy atom. The van der Waals surface area contributed by atoms with Gasteiger partial charge in [-0.2, -0.15) is 0 Å². The molecule has 110 valence electrons. The highest BCUT2D eigenvalue weighted by atomic mass is 16.5. The molecule has 1 aliphatic carbocycles. The molecule has 0 aliphatic heterocycles. The van der Waals surface area contributed by atoms with Crippen LogP contribution in [-0.4, -0.2) is 18.6 Å². The molecule has 1 aliphatic rings. The fraction of sp³-hybridized carbons (Fsp3) is 0.562. The van der Waals surface area contributed by atoms with Crippen molar-refractivity contribution in [1.29, 1.82) is 0 Å². The molecule has 0 aromatic heterocycles. The molecule has 1 amide bonds. The van der Waals surface area contributed by atoms with Crippen LogP contribution in [0.1, 0.15) is 44.6 Å². The van der Waals surface area contributed by atoms with E-state index in [1.54, 1.807) is 0 Å². The number of ether oxygens (including phenoxy) is 1. The Morgan fingerprint density at radius 3 is 2.80 bits per heavy atom. The normalized spacial score (nSPS) is 15.2. The number of carbonyl (C=O) groups excluding carboxylic acids is 1. The summed E-state index contributed by atoms with van der Waals surface area (Å²) in [4.78, 5) is 11.9. The van der Waals surface area contributed by atoms with Gasteiger partial charge >= 0.3 is 0 Å². The number of hydrogen-bond acceptors (Lipinski definition) is 3. The van der Waals surface area contributed by atoms with Gasteiger partial charge in [-0.1, -0.05) is 18.9 Å². The summed E-state index contributed by atoms with van der Waals surface area (Å²) in [6.07, 6.45) is 5.96. The van der Waals surface area contributed by atoms with Gasteiger partial charge < -0.3 is 15.8 Å². The molecule has 1 aromatic carbocycles. The Bertz CT molecular complexity index is 454. The molecule has 2 rings (SSSR count). The smallest absolute Gasteiger partial charge is 0.220 e. The fourth-order valence-corrected chi connectivity index (χ4v) is 2.67. The molecule has 1 fully saturated rings. The van der Waals surface area contributed by atoms with Crippen molar-refractivity contribution < 1.29 is 9.53 Å². The van der Waals surface area contributed by atoms with Crippen molar-refractivity contribution >= 4 is 11.6 Å². The maximum atomic E-state index is 11.9. The van der Waals surface area contributed by atoms with E-state index in [1.807, 2.05) is 25.1 Å². The zero-order chi connectivity index (χ0) is 14.4. The van der Waals surface area contributed by atoms with Crippen molar-refractivity contribution in [3.8, 4) is 5.75 Å². The average molecular weight is 276 g/mol. The monoisotopic (exact) mass is 276 g/mol. The van der Waals surface area contributed by atoms with E-state index in [1.165, 1.54) is 12.8 Å². The summed E-state index contributed by atoms with van der Waals surface area (Å²) in [5.41, 5.74) is 7.64. The van der Waals surface area contributed by atoms with Gasteiger partial charge in [-0.15, -0.1) is 0 Å².